The van der Waals surface area contributed by atoms with Crippen LogP contribution in [0.25, 0.3) is 10.2 Å². The van der Waals surface area contributed by atoms with Gasteiger partial charge in [0.15, 0.2) is 0 Å². The highest BCUT2D eigenvalue weighted by molar-refractivity contribution is 7.18. The van der Waals surface area contributed by atoms with Gasteiger partial charge in [0.1, 0.15) is 10.7 Å². The summed E-state index contributed by atoms with van der Waals surface area (Å²) < 4.78 is 0. The summed E-state index contributed by atoms with van der Waals surface area (Å²) in [5, 5.41) is 6.77. The molecule has 2 aromatic rings. The van der Waals surface area contributed by atoms with Crippen LogP contribution in [0.5, 0.6) is 0 Å². The number of nitrogens with one attached hydrogen (secondary N) is 3. The maximum absolute atomic E-state index is 12.1. The quantitative estimate of drug-likeness (QED) is 0.763. The molecule has 1 saturated heterocycles. The number of hydrogen-bond donors (Lipinski definition) is 3. The molecule has 22 heavy (non-hydrogen) atoms. The number of rotatable bonds is 5. The number of fused-ring (bicyclic) bond motifs is 1. The van der Waals surface area contributed by atoms with Crippen LogP contribution >= 0.6 is 11.3 Å². The zero-order valence-corrected chi connectivity index (χ0v) is 13.6. The van der Waals surface area contributed by atoms with Crippen LogP contribution in [-0.4, -0.2) is 35.5 Å². The van der Waals surface area contributed by atoms with Crippen molar-refractivity contribution in [3.05, 3.63) is 26.6 Å². The Bertz CT molecular complexity index is 761. The van der Waals surface area contributed by atoms with Gasteiger partial charge in [-0.3, -0.25) is 9.59 Å². The molecule has 0 unspecified atom stereocenters. The minimum atomic E-state index is -0.109. The van der Waals surface area contributed by atoms with Gasteiger partial charge in [-0.2, -0.15) is 0 Å². The summed E-state index contributed by atoms with van der Waals surface area (Å²) in [6, 6.07) is 0. The molecule has 1 aliphatic heterocycles. The van der Waals surface area contributed by atoms with Gasteiger partial charge in [0.25, 0.3) is 5.56 Å². The highest BCUT2D eigenvalue weighted by Gasteiger charge is 2.17. The number of H-pyrrole nitrogens is 1. The Kier molecular flexibility index (Phi) is 4.26. The van der Waals surface area contributed by atoms with Crippen molar-refractivity contribution in [2.45, 2.75) is 26.7 Å². The Morgan fingerprint density at radius 2 is 2.18 bits per heavy atom. The Hall–Kier alpha value is -1.73. The monoisotopic (exact) mass is 320 g/mol. The Labute approximate surface area is 132 Å². The fourth-order valence-electron chi connectivity index (χ4n) is 2.49. The first kappa shape index (κ1) is 15.2. The SMILES string of the molecule is Cc1sc2nc(CCC(=O)NCC3CNC3)[nH]c(=O)c2c1C. The first-order valence-corrected chi connectivity index (χ1v) is 8.32. The standard InChI is InChI=1S/C15H20N4O2S/c1-8-9(2)22-15-13(8)14(21)18-11(19-15)3-4-12(20)17-7-10-5-16-6-10/h10,16H,3-7H2,1-2H3,(H,17,20)(H,18,19,21). The fourth-order valence-corrected chi connectivity index (χ4v) is 3.54. The van der Waals surface area contributed by atoms with Crippen LogP contribution in [0.1, 0.15) is 22.7 Å². The van der Waals surface area contributed by atoms with Crippen LogP contribution in [0.2, 0.25) is 0 Å². The average molecular weight is 320 g/mol. The summed E-state index contributed by atoms with van der Waals surface area (Å²) in [6.07, 6.45) is 0.799. The predicted molar refractivity (Wildman–Crippen MR) is 87.4 cm³/mol. The molecule has 0 aromatic carbocycles. The molecule has 2 aromatic heterocycles. The van der Waals surface area contributed by atoms with E-state index in [9.17, 15) is 9.59 Å². The maximum atomic E-state index is 12.1. The molecule has 6 nitrogen and oxygen atoms in total. The molecule has 0 bridgehead atoms. The van der Waals surface area contributed by atoms with Crippen LogP contribution in [0.3, 0.4) is 0 Å². The van der Waals surface area contributed by atoms with Crippen LogP contribution in [-0.2, 0) is 11.2 Å². The molecular formula is C15H20N4O2S. The van der Waals surface area contributed by atoms with Gasteiger partial charge >= 0.3 is 0 Å². The third-order valence-electron chi connectivity index (χ3n) is 4.13. The molecular weight excluding hydrogens is 300 g/mol. The van der Waals surface area contributed by atoms with Crippen molar-refractivity contribution in [2.24, 2.45) is 5.92 Å². The molecule has 7 heteroatoms. The van der Waals surface area contributed by atoms with Gasteiger partial charge in [0.05, 0.1) is 5.39 Å². The van der Waals surface area contributed by atoms with Crippen LogP contribution in [0.4, 0.5) is 0 Å². The number of nitrogens with zero attached hydrogens (tertiary/aromatic N) is 1. The number of aromatic nitrogens is 2. The van der Waals surface area contributed by atoms with E-state index < -0.39 is 0 Å². The van der Waals surface area contributed by atoms with E-state index in [2.05, 4.69) is 20.6 Å². The van der Waals surface area contributed by atoms with Gasteiger partial charge in [-0.05, 0) is 19.4 Å². The molecule has 1 aliphatic rings. The van der Waals surface area contributed by atoms with Gasteiger partial charge in [-0.15, -0.1) is 11.3 Å². The summed E-state index contributed by atoms with van der Waals surface area (Å²) in [7, 11) is 0. The van der Waals surface area contributed by atoms with Crippen molar-refractivity contribution in [1.82, 2.24) is 20.6 Å². The Morgan fingerprint density at radius 1 is 1.41 bits per heavy atom. The molecule has 1 amide bonds. The van der Waals surface area contributed by atoms with Gasteiger partial charge in [-0.25, -0.2) is 4.98 Å². The third kappa shape index (κ3) is 3.05. The fraction of sp³-hybridized carbons (Fsp3) is 0.533. The summed E-state index contributed by atoms with van der Waals surface area (Å²) in [5.74, 6) is 1.14. The Morgan fingerprint density at radius 3 is 2.86 bits per heavy atom. The van der Waals surface area contributed by atoms with Gasteiger partial charge in [-0.1, -0.05) is 0 Å². The molecule has 118 valence electrons. The molecule has 0 atom stereocenters. The van der Waals surface area contributed by atoms with E-state index in [-0.39, 0.29) is 11.5 Å². The zero-order valence-electron chi connectivity index (χ0n) is 12.8. The summed E-state index contributed by atoms with van der Waals surface area (Å²) in [6.45, 7) is 6.60. The van der Waals surface area contributed by atoms with E-state index in [1.165, 1.54) is 11.3 Å². The molecule has 0 radical (unpaired) electrons. The molecule has 0 saturated carbocycles. The van der Waals surface area contributed by atoms with Crippen molar-refractivity contribution in [3.8, 4) is 0 Å². The molecule has 3 rings (SSSR count). The normalized spacial score (nSPS) is 15.0. The predicted octanol–water partition coefficient (Wildman–Crippen LogP) is 0.870. The van der Waals surface area contributed by atoms with Crippen molar-refractivity contribution < 1.29 is 4.79 Å². The first-order chi connectivity index (χ1) is 10.5. The van der Waals surface area contributed by atoms with Gasteiger partial charge in [0, 0.05) is 43.3 Å². The highest BCUT2D eigenvalue weighted by Crippen LogP contribution is 2.25. The molecule has 3 N–H and O–H groups in total. The number of carbonyl (C=O) groups is 1. The lowest BCUT2D eigenvalue weighted by Crippen LogP contribution is -2.48. The average Bonchev–Trinajstić information content (AvgIpc) is 2.70. The zero-order chi connectivity index (χ0) is 15.7. The lowest BCUT2D eigenvalue weighted by molar-refractivity contribution is -0.121. The second-order valence-corrected chi connectivity index (χ2v) is 7.01. The summed E-state index contributed by atoms with van der Waals surface area (Å²) >= 11 is 1.53. The lowest BCUT2D eigenvalue weighted by Gasteiger charge is -2.27. The second kappa shape index (κ2) is 6.18. The van der Waals surface area contributed by atoms with Crippen molar-refractivity contribution in [3.63, 3.8) is 0 Å². The van der Waals surface area contributed by atoms with E-state index in [1.807, 2.05) is 13.8 Å². The largest absolute Gasteiger partial charge is 0.356 e. The topological polar surface area (TPSA) is 86.9 Å². The summed E-state index contributed by atoms with van der Waals surface area (Å²) in [5.41, 5.74) is 0.884. The maximum Gasteiger partial charge on any atom is 0.259 e. The van der Waals surface area contributed by atoms with Crippen LogP contribution < -0.4 is 16.2 Å². The van der Waals surface area contributed by atoms with Crippen molar-refractivity contribution in [1.29, 1.82) is 0 Å². The minimum Gasteiger partial charge on any atom is -0.356 e. The smallest absolute Gasteiger partial charge is 0.259 e. The highest BCUT2D eigenvalue weighted by atomic mass is 32.1. The van der Waals surface area contributed by atoms with Crippen LogP contribution in [0, 0.1) is 19.8 Å². The number of aromatic amines is 1. The molecule has 0 aliphatic carbocycles. The number of hydrogen-bond acceptors (Lipinski definition) is 5. The molecule has 0 spiro atoms. The number of aryl methyl sites for hydroxylation is 3. The lowest BCUT2D eigenvalue weighted by atomic mass is 10.0. The van der Waals surface area contributed by atoms with E-state index in [0.29, 0.717) is 30.0 Å². The van der Waals surface area contributed by atoms with E-state index >= 15 is 0 Å². The summed E-state index contributed by atoms with van der Waals surface area (Å²) in [4.78, 5) is 33.1. The molecule has 3 heterocycles. The van der Waals surface area contributed by atoms with E-state index in [4.69, 9.17) is 0 Å². The number of amides is 1. The Balaban J connectivity index is 1.63. The third-order valence-corrected chi connectivity index (χ3v) is 5.23. The van der Waals surface area contributed by atoms with E-state index in [1.54, 1.807) is 0 Å². The van der Waals surface area contributed by atoms with Crippen molar-refractivity contribution >= 4 is 27.5 Å². The van der Waals surface area contributed by atoms with Gasteiger partial charge < -0.3 is 15.6 Å². The van der Waals surface area contributed by atoms with Crippen molar-refractivity contribution in [2.75, 3.05) is 19.6 Å². The van der Waals surface area contributed by atoms with Gasteiger partial charge in [0.2, 0.25) is 5.91 Å². The van der Waals surface area contributed by atoms with E-state index in [0.717, 1.165) is 34.9 Å². The minimum absolute atomic E-state index is 0.00758. The second-order valence-electron chi connectivity index (χ2n) is 5.80. The number of carbonyl (C=O) groups excluding carboxylic acids is 1. The first-order valence-electron chi connectivity index (χ1n) is 7.51. The van der Waals surface area contributed by atoms with Crippen LogP contribution in [0.15, 0.2) is 4.79 Å². The number of thiophene rings is 1. The molecule has 1 fully saturated rings.